The van der Waals surface area contributed by atoms with Crippen molar-refractivity contribution in [2.45, 2.75) is 244 Å². The molecule has 1 rings (SSSR count). The largest absolute Gasteiger partial charge is 0.481 e. The molecule has 27 N–H and O–H groups in total. The van der Waals surface area contributed by atoms with Crippen molar-refractivity contribution >= 4 is 124 Å². The van der Waals surface area contributed by atoms with Gasteiger partial charge in [0.05, 0.1) is 50.8 Å². The van der Waals surface area contributed by atoms with Gasteiger partial charge in [0.1, 0.15) is 79.0 Å². The average Bonchev–Trinajstić information content (AvgIpc) is 1.16. The van der Waals surface area contributed by atoms with Gasteiger partial charge in [-0.2, -0.15) is 0 Å². The molecule has 16 atom stereocenters. The molecule has 1 aliphatic heterocycles. The van der Waals surface area contributed by atoms with Crippen LogP contribution in [-0.4, -0.2) is 286 Å². The molecule has 115 heavy (non-hydrogen) atoms. The Bertz CT molecular complexity index is 3430. The molecule has 0 aromatic carbocycles. The Morgan fingerprint density at radius 1 is 0.391 bits per heavy atom. The fraction of sp³-hybridized carbons (Fsp3) is 0.696. The van der Waals surface area contributed by atoms with Gasteiger partial charge < -0.3 is 133 Å². The summed E-state index contributed by atoms with van der Waals surface area (Å²) in [4.78, 5) is 272. The Labute approximate surface area is 662 Å². The molecule has 0 radical (unpaired) electrons. The van der Waals surface area contributed by atoms with E-state index in [1.54, 1.807) is 27.7 Å². The number of amides is 18. The molecule has 648 valence electrons. The molecule has 0 aromatic heterocycles. The quantitative estimate of drug-likeness (QED) is 0.0252. The van der Waals surface area contributed by atoms with Gasteiger partial charge in [-0.25, -0.2) is 0 Å². The van der Waals surface area contributed by atoms with Crippen LogP contribution in [0.3, 0.4) is 0 Å². The van der Waals surface area contributed by atoms with Crippen LogP contribution in [0.25, 0.3) is 0 Å². The zero-order valence-corrected chi connectivity index (χ0v) is 66.3. The summed E-state index contributed by atoms with van der Waals surface area (Å²) in [5, 5.41) is 91.3. The fourth-order valence-corrected chi connectivity index (χ4v) is 10.8. The molecule has 0 spiro atoms. The van der Waals surface area contributed by atoms with Crippen LogP contribution >= 0.6 is 0 Å². The highest BCUT2D eigenvalue weighted by Crippen LogP contribution is 2.14. The molecule has 1 saturated heterocycles. The number of nitrogens with one attached hydrogen (secondary N) is 18. The van der Waals surface area contributed by atoms with Crippen LogP contribution in [0.5, 0.6) is 0 Å². The lowest BCUT2D eigenvalue weighted by Crippen LogP contribution is -2.61. The minimum Gasteiger partial charge on any atom is -0.481 e. The average molecular weight is 1640 g/mol. The zero-order chi connectivity index (χ0) is 87.7. The maximum absolute atomic E-state index is 14.0. The van der Waals surface area contributed by atoms with E-state index in [0.717, 1.165) is 20.3 Å². The molecule has 0 aliphatic carbocycles. The van der Waals surface area contributed by atoms with Gasteiger partial charge in [0.15, 0.2) is 0 Å². The predicted molar refractivity (Wildman–Crippen MR) is 401 cm³/mol. The number of hydrogen-bond donors (Lipinski definition) is 25. The first-order chi connectivity index (χ1) is 53.7. The van der Waals surface area contributed by atoms with Gasteiger partial charge in [0.2, 0.25) is 106 Å². The highest BCUT2D eigenvalue weighted by Gasteiger charge is 2.39. The van der Waals surface area contributed by atoms with Crippen LogP contribution in [0.15, 0.2) is 0 Å². The smallest absolute Gasteiger partial charge is 0.322 e. The fourth-order valence-electron chi connectivity index (χ4n) is 10.8. The maximum atomic E-state index is 14.0. The van der Waals surface area contributed by atoms with Crippen LogP contribution in [0, 0.1) is 17.8 Å². The molecule has 18 amide bonds. The third-order valence-corrected chi connectivity index (χ3v) is 17.5. The van der Waals surface area contributed by atoms with Crippen molar-refractivity contribution in [3.8, 4) is 0 Å². The van der Waals surface area contributed by atoms with E-state index in [1.807, 2.05) is 0 Å². The Kier molecular flexibility index (Phi) is 46.1. The Morgan fingerprint density at radius 3 is 1.29 bits per heavy atom. The number of carbonyl (C=O) groups is 21. The second-order valence-corrected chi connectivity index (χ2v) is 28.4. The molecule has 0 aromatic rings. The van der Waals surface area contributed by atoms with Crippen molar-refractivity contribution in [2.24, 2.45) is 29.2 Å². The van der Waals surface area contributed by atoms with Crippen molar-refractivity contribution in [2.75, 3.05) is 45.8 Å². The van der Waals surface area contributed by atoms with Gasteiger partial charge in [0.25, 0.3) is 0 Å². The third-order valence-electron chi connectivity index (χ3n) is 17.5. The van der Waals surface area contributed by atoms with Crippen LogP contribution in [0.2, 0.25) is 0 Å². The standard InChI is InChI=1S/C69H116N20O26/c1-12-33(6)54(87-69(115)56(38(11)91)89-62(108)39-17-15-23-72-39)68(114)80-35(8)58(104)73-26-46(93)78-34(7)57(103)74-28-49(96)82-44(25-51(99)100)65(111)86-53(32(4)5)67(113)84-40(16-13-14-22-70)64(110)88-55(37(10)90)66(112)76-27-47(94)79-36(9)59(105)83-41(19-21-50(97)98)60(106)75-29-48(95)81-42(18-20-45(71)92)63(109)85-43(24-31(2)3)61(107)77-30-52(101)102/h31-44,53-56,72,90-91H,12-30,70H2,1-11H3,(H2,71,92)(H,73,104)(H,74,103)(H,75,106)(H,76,112)(H,77,107)(H,78,93)(H,79,94)(H,80,114)(H,81,95)(H,82,96)(H,83,105)(H,84,113)(H,85,109)(H,86,111)(H,87,115)(H,88,110)(H,89,108)(H,97,98)(H,99,100)(H,101,102)/t33-,34-,35-,36-,37+,38+,39-,40-,41-,42-,43-,44-,53-,54-,55-,56-/m0/s1. The Morgan fingerprint density at radius 2 is 0.800 bits per heavy atom. The summed E-state index contributed by atoms with van der Waals surface area (Å²) in [6, 6.07) is -18.9. The number of carbonyl (C=O) groups excluding carboxylic acids is 18. The summed E-state index contributed by atoms with van der Waals surface area (Å²) in [6.45, 7) is 12.1. The van der Waals surface area contributed by atoms with E-state index in [-0.39, 0.29) is 31.7 Å². The predicted octanol–water partition coefficient (Wildman–Crippen LogP) is -10.5. The van der Waals surface area contributed by atoms with Crippen molar-refractivity contribution in [1.29, 1.82) is 0 Å². The van der Waals surface area contributed by atoms with E-state index in [9.17, 15) is 121 Å². The number of nitrogens with two attached hydrogens (primary N) is 2. The van der Waals surface area contributed by atoms with Crippen LogP contribution in [0.1, 0.15) is 153 Å². The number of aliphatic carboxylic acids is 3. The zero-order valence-electron chi connectivity index (χ0n) is 66.3. The van der Waals surface area contributed by atoms with Crippen molar-refractivity contribution in [3.05, 3.63) is 0 Å². The molecule has 0 unspecified atom stereocenters. The Balaban J connectivity index is 3.05. The lowest BCUT2D eigenvalue weighted by molar-refractivity contribution is -0.141. The first kappa shape index (κ1) is 102. The molecule has 0 saturated carbocycles. The number of carboxylic acids is 3. The molecule has 0 bridgehead atoms. The van der Waals surface area contributed by atoms with Gasteiger partial charge in [-0.1, -0.05) is 48.0 Å². The van der Waals surface area contributed by atoms with Crippen molar-refractivity contribution in [3.63, 3.8) is 0 Å². The summed E-state index contributed by atoms with van der Waals surface area (Å²) >= 11 is 0. The van der Waals surface area contributed by atoms with E-state index < -0.39 is 292 Å². The van der Waals surface area contributed by atoms with Crippen LogP contribution in [0.4, 0.5) is 0 Å². The van der Waals surface area contributed by atoms with Crippen LogP contribution < -0.4 is 107 Å². The van der Waals surface area contributed by atoms with E-state index in [1.165, 1.54) is 34.6 Å². The highest BCUT2D eigenvalue weighted by molar-refractivity contribution is 6.01. The van der Waals surface area contributed by atoms with Crippen LogP contribution in [-0.2, 0) is 101 Å². The molecule has 1 aliphatic rings. The second-order valence-electron chi connectivity index (χ2n) is 28.4. The number of unbranched alkanes of at least 4 members (excludes halogenated alkanes) is 1. The molecule has 46 nitrogen and oxygen atoms in total. The third kappa shape index (κ3) is 39.8. The number of primary amides is 1. The van der Waals surface area contributed by atoms with E-state index in [0.29, 0.717) is 25.8 Å². The molecule has 1 heterocycles. The minimum absolute atomic E-state index is 0.0158. The number of carboxylic acid groups (broad SMARTS) is 3. The molecule has 1 fully saturated rings. The molecular weight excluding hydrogens is 1520 g/mol. The number of rotatable bonds is 54. The van der Waals surface area contributed by atoms with Gasteiger partial charge >= 0.3 is 17.9 Å². The monoisotopic (exact) mass is 1640 g/mol. The van der Waals surface area contributed by atoms with Gasteiger partial charge in [-0.15, -0.1) is 0 Å². The SMILES string of the molecule is CC[C@H](C)[C@H](NC(=O)[C@@H](NC(=O)[C@@H]1CCCN1)[C@@H](C)O)C(=O)N[C@@H](C)C(=O)NCC(=O)N[C@@H](C)C(=O)NCC(=O)N[C@@H](CC(=O)O)C(=O)N[C@H](C(=O)N[C@@H](CCCCN)C(=O)N[C@H](C(=O)NCC(=O)N[C@@H](C)C(=O)N[C@@H](CCC(=O)O)C(=O)NCC(=O)N[C@@H](CCC(N)=O)C(=O)N[C@@H](CC(C)C)C(=O)NCC(=O)O)[C@@H](C)O)C(C)C. The summed E-state index contributed by atoms with van der Waals surface area (Å²) in [6.07, 6.45) is -4.38. The summed E-state index contributed by atoms with van der Waals surface area (Å²) in [5.74, 6) is -23.7. The topological polar surface area (TPSA) is 728 Å². The molecular formula is C69H116N20O26. The van der Waals surface area contributed by atoms with Gasteiger partial charge in [-0.05, 0) is 117 Å². The lowest BCUT2D eigenvalue weighted by atomic mass is 9.97. The second kappa shape index (κ2) is 52.2. The summed E-state index contributed by atoms with van der Waals surface area (Å²) in [5.41, 5.74) is 10.9. The number of hydrogen-bond acceptors (Lipinski definition) is 25. The minimum atomic E-state index is -1.92. The first-order valence-corrected chi connectivity index (χ1v) is 37.5. The maximum Gasteiger partial charge on any atom is 0.322 e. The number of aliphatic hydroxyl groups excluding tert-OH is 2. The normalized spacial score (nSPS) is 16.2. The Hall–Kier alpha value is -11.3. The number of aliphatic hydroxyl groups is 2. The van der Waals surface area contributed by atoms with E-state index in [4.69, 9.17) is 16.6 Å². The van der Waals surface area contributed by atoms with Gasteiger partial charge in [0, 0.05) is 12.8 Å². The van der Waals surface area contributed by atoms with Gasteiger partial charge in [-0.3, -0.25) is 101 Å². The van der Waals surface area contributed by atoms with Crippen molar-refractivity contribution < 1.29 is 126 Å². The summed E-state index contributed by atoms with van der Waals surface area (Å²) in [7, 11) is 0. The van der Waals surface area contributed by atoms with Crippen molar-refractivity contribution in [1.82, 2.24) is 95.7 Å². The summed E-state index contributed by atoms with van der Waals surface area (Å²) < 4.78 is 0. The van der Waals surface area contributed by atoms with E-state index in [2.05, 4.69) is 95.7 Å². The molecule has 46 heteroatoms. The first-order valence-electron chi connectivity index (χ1n) is 37.5. The highest BCUT2D eigenvalue weighted by atomic mass is 16.4. The lowest BCUT2D eigenvalue weighted by Gasteiger charge is -2.29. The van der Waals surface area contributed by atoms with E-state index >= 15 is 0 Å².